The SMILES string of the molecule is Cc1cccn2c(C3CCSCC3)nnc12. The summed E-state index contributed by atoms with van der Waals surface area (Å²) in [5.41, 5.74) is 2.21. The summed E-state index contributed by atoms with van der Waals surface area (Å²) < 4.78 is 2.16. The Labute approximate surface area is 99.3 Å². The number of hydrogen-bond acceptors (Lipinski definition) is 3. The van der Waals surface area contributed by atoms with E-state index in [1.807, 2.05) is 11.8 Å². The summed E-state index contributed by atoms with van der Waals surface area (Å²) in [6.07, 6.45) is 4.55. The molecule has 2 aromatic rings. The molecule has 1 aliphatic rings. The summed E-state index contributed by atoms with van der Waals surface area (Å²) >= 11 is 2.05. The zero-order valence-electron chi connectivity index (χ0n) is 9.39. The Morgan fingerprint density at radius 2 is 2.12 bits per heavy atom. The third-order valence-corrected chi connectivity index (χ3v) is 4.29. The zero-order valence-corrected chi connectivity index (χ0v) is 10.2. The van der Waals surface area contributed by atoms with Crippen LogP contribution in [0.5, 0.6) is 0 Å². The van der Waals surface area contributed by atoms with Gasteiger partial charge in [-0.3, -0.25) is 4.40 Å². The van der Waals surface area contributed by atoms with Crippen molar-refractivity contribution in [2.45, 2.75) is 25.7 Å². The molecule has 1 fully saturated rings. The summed E-state index contributed by atoms with van der Waals surface area (Å²) in [7, 11) is 0. The molecule has 0 bridgehead atoms. The molecule has 0 N–H and O–H groups in total. The second-order valence-electron chi connectivity index (χ2n) is 4.33. The highest BCUT2D eigenvalue weighted by Crippen LogP contribution is 2.30. The van der Waals surface area contributed by atoms with Gasteiger partial charge in [0.15, 0.2) is 5.65 Å². The summed E-state index contributed by atoms with van der Waals surface area (Å²) in [6.45, 7) is 2.09. The molecule has 16 heavy (non-hydrogen) atoms. The monoisotopic (exact) mass is 233 g/mol. The van der Waals surface area contributed by atoms with Gasteiger partial charge in [0.1, 0.15) is 5.82 Å². The van der Waals surface area contributed by atoms with E-state index in [0.717, 1.165) is 11.5 Å². The van der Waals surface area contributed by atoms with Crippen LogP contribution in [0.2, 0.25) is 0 Å². The van der Waals surface area contributed by atoms with Gasteiger partial charge in [0.05, 0.1) is 0 Å². The van der Waals surface area contributed by atoms with Gasteiger partial charge in [-0.05, 0) is 42.9 Å². The predicted octanol–water partition coefficient (Wildman–Crippen LogP) is 2.65. The van der Waals surface area contributed by atoms with E-state index < -0.39 is 0 Å². The Bertz CT molecular complexity index is 500. The second-order valence-corrected chi connectivity index (χ2v) is 5.55. The number of hydrogen-bond donors (Lipinski definition) is 0. The van der Waals surface area contributed by atoms with E-state index in [9.17, 15) is 0 Å². The fraction of sp³-hybridized carbons (Fsp3) is 0.500. The first-order chi connectivity index (χ1) is 7.86. The van der Waals surface area contributed by atoms with Gasteiger partial charge in [-0.2, -0.15) is 11.8 Å². The van der Waals surface area contributed by atoms with Gasteiger partial charge >= 0.3 is 0 Å². The summed E-state index contributed by atoms with van der Waals surface area (Å²) in [5, 5.41) is 8.68. The van der Waals surface area contributed by atoms with Gasteiger partial charge in [0.25, 0.3) is 0 Å². The van der Waals surface area contributed by atoms with Crippen LogP contribution in [0.4, 0.5) is 0 Å². The molecule has 0 unspecified atom stereocenters. The third-order valence-electron chi connectivity index (χ3n) is 3.24. The molecule has 0 amide bonds. The minimum absolute atomic E-state index is 0.595. The third kappa shape index (κ3) is 1.61. The highest BCUT2D eigenvalue weighted by Gasteiger charge is 2.21. The van der Waals surface area contributed by atoms with Crippen molar-refractivity contribution in [2.24, 2.45) is 0 Å². The Balaban J connectivity index is 2.06. The maximum absolute atomic E-state index is 4.38. The number of aryl methyl sites for hydroxylation is 1. The van der Waals surface area contributed by atoms with Crippen molar-refractivity contribution in [3.8, 4) is 0 Å². The molecule has 3 heterocycles. The highest BCUT2D eigenvalue weighted by molar-refractivity contribution is 7.99. The lowest BCUT2D eigenvalue weighted by molar-refractivity contribution is 0.592. The fourth-order valence-electron chi connectivity index (χ4n) is 2.30. The maximum atomic E-state index is 4.38. The van der Waals surface area contributed by atoms with Gasteiger partial charge < -0.3 is 0 Å². The second kappa shape index (κ2) is 4.09. The van der Waals surface area contributed by atoms with Crippen molar-refractivity contribution < 1.29 is 0 Å². The number of pyridine rings is 1. The van der Waals surface area contributed by atoms with Crippen LogP contribution in [0, 0.1) is 6.92 Å². The first-order valence-corrected chi connectivity index (χ1v) is 6.90. The molecule has 4 heteroatoms. The normalized spacial score (nSPS) is 18.1. The summed E-state index contributed by atoms with van der Waals surface area (Å²) in [6, 6.07) is 4.16. The van der Waals surface area contributed by atoms with E-state index in [1.165, 1.54) is 29.9 Å². The van der Waals surface area contributed by atoms with Crippen molar-refractivity contribution in [3.63, 3.8) is 0 Å². The topological polar surface area (TPSA) is 30.2 Å². The summed E-state index contributed by atoms with van der Waals surface area (Å²) in [4.78, 5) is 0. The molecule has 84 valence electrons. The van der Waals surface area contributed by atoms with Crippen LogP contribution in [-0.4, -0.2) is 26.1 Å². The van der Waals surface area contributed by atoms with Crippen LogP contribution in [-0.2, 0) is 0 Å². The van der Waals surface area contributed by atoms with Crippen molar-refractivity contribution >= 4 is 17.4 Å². The molecule has 0 atom stereocenters. The number of fused-ring (bicyclic) bond motifs is 1. The van der Waals surface area contributed by atoms with Crippen LogP contribution < -0.4 is 0 Å². The molecule has 0 aliphatic carbocycles. The number of rotatable bonds is 1. The zero-order chi connectivity index (χ0) is 11.0. The maximum Gasteiger partial charge on any atom is 0.163 e. The Morgan fingerprint density at radius 1 is 1.31 bits per heavy atom. The van der Waals surface area contributed by atoms with Crippen LogP contribution in [0.1, 0.15) is 30.1 Å². The number of aromatic nitrogens is 3. The average molecular weight is 233 g/mol. The van der Waals surface area contributed by atoms with Crippen LogP contribution >= 0.6 is 11.8 Å². The highest BCUT2D eigenvalue weighted by atomic mass is 32.2. The largest absolute Gasteiger partial charge is 0.286 e. The van der Waals surface area contributed by atoms with Crippen molar-refractivity contribution in [1.29, 1.82) is 0 Å². The van der Waals surface area contributed by atoms with Gasteiger partial charge in [0, 0.05) is 12.1 Å². The van der Waals surface area contributed by atoms with Crippen molar-refractivity contribution in [1.82, 2.24) is 14.6 Å². The molecule has 1 saturated heterocycles. The first kappa shape index (κ1) is 10.1. The Hall–Kier alpha value is -1.03. The lowest BCUT2D eigenvalue weighted by Crippen LogP contribution is -2.11. The molecule has 3 nitrogen and oxygen atoms in total. The molecule has 0 spiro atoms. The van der Waals surface area contributed by atoms with Crippen LogP contribution in [0.25, 0.3) is 5.65 Å². The fourth-order valence-corrected chi connectivity index (χ4v) is 3.41. The van der Waals surface area contributed by atoms with E-state index >= 15 is 0 Å². The van der Waals surface area contributed by atoms with Gasteiger partial charge in [0.2, 0.25) is 0 Å². The van der Waals surface area contributed by atoms with Crippen molar-refractivity contribution in [2.75, 3.05) is 11.5 Å². The molecular formula is C12H15N3S. The number of thioether (sulfide) groups is 1. The Morgan fingerprint density at radius 3 is 2.94 bits per heavy atom. The molecule has 0 saturated carbocycles. The smallest absolute Gasteiger partial charge is 0.163 e. The van der Waals surface area contributed by atoms with Crippen LogP contribution in [0.3, 0.4) is 0 Å². The van der Waals surface area contributed by atoms with E-state index in [-0.39, 0.29) is 0 Å². The molecule has 3 rings (SSSR count). The predicted molar refractivity (Wildman–Crippen MR) is 67.0 cm³/mol. The lowest BCUT2D eigenvalue weighted by atomic mass is 10.0. The minimum Gasteiger partial charge on any atom is -0.286 e. The molecule has 2 aromatic heterocycles. The van der Waals surface area contributed by atoms with E-state index in [2.05, 4.69) is 39.9 Å². The quantitative estimate of drug-likeness (QED) is 0.758. The summed E-state index contributed by atoms with van der Waals surface area (Å²) in [5.74, 6) is 4.26. The van der Waals surface area contributed by atoms with Crippen molar-refractivity contribution in [3.05, 3.63) is 29.7 Å². The van der Waals surface area contributed by atoms with Crippen LogP contribution in [0.15, 0.2) is 18.3 Å². The average Bonchev–Trinajstić information content (AvgIpc) is 2.75. The molecule has 1 aliphatic heterocycles. The minimum atomic E-state index is 0.595. The van der Waals surface area contributed by atoms with Gasteiger partial charge in [-0.1, -0.05) is 6.07 Å². The lowest BCUT2D eigenvalue weighted by Gasteiger charge is -2.19. The molecular weight excluding hydrogens is 218 g/mol. The standard InChI is InChI=1S/C12H15N3S/c1-9-3-2-6-15-11(9)13-14-12(15)10-4-7-16-8-5-10/h2-3,6,10H,4-5,7-8H2,1H3. The van der Waals surface area contributed by atoms with E-state index in [4.69, 9.17) is 0 Å². The molecule has 0 aromatic carbocycles. The van der Waals surface area contributed by atoms with E-state index in [0.29, 0.717) is 5.92 Å². The first-order valence-electron chi connectivity index (χ1n) is 5.74. The molecule has 0 radical (unpaired) electrons. The number of nitrogens with zero attached hydrogens (tertiary/aromatic N) is 3. The van der Waals surface area contributed by atoms with E-state index in [1.54, 1.807) is 0 Å². The van der Waals surface area contributed by atoms with Gasteiger partial charge in [-0.25, -0.2) is 0 Å². The Kier molecular flexibility index (Phi) is 2.59. The van der Waals surface area contributed by atoms with Gasteiger partial charge in [-0.15, -0.1) is 10.2 Å².